The van der Waals surface area contributed by atoms with Crippen LogP contribution in [0.1, 0.15) is 16.7 Å². The first-order valence-electron chi connectivity index (χ1n) is 8.23. The molecule has 26 heavy (non-hydrogen) atoms. The molecule has 3 rings (SSSR count). The van der Waals surface area contributed by atoms with E-state index in [0.717, 1.165) is 5.56 Å². The summed E-state index contributed by atoms with van der Waals surface area (Å²) in [6.07, 6.45) is 0.449. The number of hydrogen-bond donors (Lipinski definition) is 3. The van der Waals surface area contributed by atoms with Crippen molar-refractivity contribution < 1.29 is 19.4 Å². The van der Waals surface area contributed by atoms with Crippen molar-refractivity contribution in [3.05, 3.63) is 69.6 Å². The number of carbonyl (C=O) groups excluding carboxylic acids is 1. The number of anilines is 1. The van der Waals surface area contributed by atoms with E-state index in [1.807, 2.05) is 12.1 Å². The minimum atomic E-state index is -0.589. The van der Waals surface area contributed by atoms with Gasteiger partial charge in [0.15, 0.2) is 0 Å². The molecule has 0 atom stereocenters. The van der Waals surface area contributed by atoms with Crippen molar-refractivity contribution in [2.45, 2.75) is 19.8 Å². The number of aliphatic hydroxyl groups is 1. The standard InChI is InChI=1S/C20H19NO5/c1-12-16-7-6-15(23)10-18(16)26-20(25)17(12)11-19(24)21-14-4-2-13(3-5-14)8-9-22/h2-7,10,22-23H,8-9,11H2,1H3,(H,21,24). The molecule has 0 fully saturated rings. The number of phenols is 1. The van der Waals surface area contributed by atoms with Crippen LogP contribution in [0.15, 0.2) is 51.7 Å². The predicted octanol–water partition coefficient (Wildman–Crippen LogP) is 2.52. The fourth-order valence-corrected chi connectivity index (χ4v) is 2.84. The molecule has 1 aromatic heterocycles. The van der Waals surface area contributed by atoms with Crippen LogP contribution >= 0.6 is 0 Å². The predicted molar refractivity (Wildman–Crippen MR) is 98.5 cm³/mol. The maximum Gasteiger partial charge on any atom is 0.340 e. The Balaban J connectivity index is 1.80. The number of carbonyl (C=O) groups is 1. The Morgan fingerprint density at radius 2 is 1.88 bits per heavy atom. The van der Waals surface area contributed by atoms with Crippen LogP contribution in [0.25, 0.3) is 11.0 Å². The van der Waals surface area contributed by atoms with Crippen molar-refractivity contribution in [1.82, 2.24) is 0 Å². The number of benzene rings is 2. The molecule has 1 amide bonds. The van der Waals surface area contributed by atoms with Crippen LogP contribution in [-0.2, 0) is 17.6 Å². The number of aromatic hydroxyl groups is 1. The minimum absolute atomic E-state index is 0.00943. The van der Waals surface area contributed by atoms with Gasteiger partial charge in [-0.3, -0.25) is 4.79 Å². The lowest BCUT2D eigenvalue weighted by Crippen LogP contribution is -2.20. The summed E-state index contributed by atoms with van der Waals surface area (Å²) in [5.41, 5.74) is 2.23. The fraction of sp³-hybridized carbons (Fsp3) is 0.200. The van der Waals surface area contributed by atoms with Gasteiger partial charge in [0.1, 0.15) is 11.3 Å². The summed E-state index contributed by atoms with van der Waals surface area (Å²) in [6, 6.07) is 11.7. The van der Waals surface area contributed by atoms with Crippen LogP contribution in [0.2, 0.25) is 0 Å². The largest absolute Gasteiger partial charge is 0.508 e. The third kappa shape index (κ3) is 3.75. The van der Waals surface area contributed by atoms with E-state index >= 15 is 0 Å². The van der Waals surface area contributed by atoms with E-state index < -0.39 is 5.63 Å². The number of amides is 1. The van der Waals surface area contributed by atoms with E-state index in [1.54, 1.807) is 25.1 Å². The number of aliphatic hydroxyl groups excluding tert-OH is 1. The molecule has 6 nitrogen and oxygen atoms in total. The van der Waals surface area contributed by atoms with Gasteiger partial charge in [-0.1, -0.05) is 12.1 Å². The summed E-state index contributed by atoms with van der Waals surface area (Å²) >= 11 is 0. The van der Waals surface area contributed by atoms with E-state index in [9.17, 15) is 14.7 Å². The van der Waals surface area contributed by atoms with Crippen LogP contribution < -0.4 is 10.9 Å². The van der Waals surface area contributed by atoms with E-state index in [-0.39, 0.29) is 35.8 Å². The highest BCUT2D eigenvalue weighted by Gasteiger charge is 2.15. The average Bonchev–Trinajstić information content (AvgIpc) is 2.60. The maximum atomic E-state index is 12.3. The zero-order chi connectivity index (χ0) is 18.7. The van der Waals surface area contributed by atoms with E-state index in [0.29, 0.717) is 23.1 Å². The van der Waals surface area contributed by atoms with E-state index in [2.05, 4.69) is 5.32 Å². The van der Waals surface area contributed by atoms with Crippen LogP contribution in [-0.4, -0.2) is 22.7 Å². The molecule has 0 saturated carbocycles. The molecule has 0 saturated heterocycles. The van der Waals surface area contributed by atoms with Crippen molar-refractivity contribution in [3.8, 4) is 5.75 Å². The van der Waals surface area contributed by atoms with Crippen LogP contribution in [0.3, 0.4) is 0 Å². The number of fused-ring (bicyclic) bond motifs is 1. The van der Waals surface area contributed by atoms with Crippen molar-refractivity contribution >= 4 is 22.6 Å². The second-order valence-corrected chi connectivity index (χ2v) is 6.07. The number of phenolic OH excluding ortho intramolecular Hbond substituents is 1. The summed E-state index contributed by atoms with van der Waals surface area (Å²) < 4.78 is 5.23. The molecule has 3 N–H and O–H groups in total. The Bertz CT molecular complexity index is 1010. The number of hydrogen-bond acceptors (Lipinski definition) is 5. The maximum absolute atomic E-state index is 12.3. The SMILES string of the molecule is Cc1c(CC(=O)Nc2ccc(CCO)cc2)c(=O)oc2cc(O)ccc12. The van der Waals surface area contributed by atoms with Crippen LogP contribution in [0, 0.1) is 6.92 Å². The van der Waals surface area contributed by atoms with Gasteiger partial charge >= 0.3 is 5.63 Å². The van der Waals surface area contributed by atoms with E-state index in [1.165, 1.54) is 12.1 Å². The summed E-state index contributed by atoms with van der Waals surface area (Å²) in [6.45, 7) is 1.82. The molecule has 0 aliphatic heterocycles. The van der Waals surface area contributed by atoms with Gasteiger partial charge in [0.25, 0.3) is 0 Å². The topological polar surface area (TPSA) is 99.8 Å². The summed E-state index contributed by atoms with van der Waals surface area (Å²) in [5.74, 6) is -0.316. The molecule has 0 bridgehead atoms. The van der Waals surface area contributed by atoms with Crippen molar-refractivity contribution in [1.29, 1.82) is 0 Å². The molecule has 134 valence electrons. The lowest BCUT2D eigenvalue weighted by atomic mass is 10.0. The van der Waals surface area contributed by atoms with Crippen molar-refractivity contribution in [2.24, 2.45) is 0 Å². The molecule has 6 heteroatoms. The zero-order valence-corrected chi connectivity index (χ0v) is 14.3. The first-order chi connectivity index (χ1) is 12.5. The van der Waals surface area contributed by atoms with Gasteiger partial charge in [0, 0.05) is 23.7 Å². The molecule has 0 radical (unpaired) electrons. The number of rotatable bonds is 5. The van der Waals surface area contributed by atoms with Gasteiger partial charge in [-0.05, 0) is 48.7 Å². The minimum Gasteiger partial charge on any atom is -0.508 e. The van der Waals surface area contributed by atoms with Gasteiger partial charge in [-0.15, -0.1) is 0 Å². The van der Waals surface area contributed by atoms with Crippen LogP contribution in [0.4, 0.5) is 5.69 Å². The summed E-state index contributed by atoms with van der Waals surface area (Å²) in [4.78, 5) is 24.5. The summed E-state index contributed by atoms with van der Waals surface area (Å²) in [5, 5.41) is 21.9. The first kappa shape index (κ1) is 17.7. The van der Waals surface area contributed by atoms with Gasteiger partial charge in [-0.2, -0.15) is 0 Å². The Kier molecular flexibility index (Phi) is 5.04. The third-order valence-corrected chi connectivity index (χ3v) is 4.25. The third-order valence-electron chi connectivity index (χ3n) is 4.25. The highest BCUT2D eigenvalue weighted by Crippen LogP contribution is 2.23. The summed E-state index contributed by atoms with van der Waals surface area (Å²) in [7, 11) is 0. The molecular formula is C20H19NO5. The zero-order valence-electron chi connectivity index (χ0n) is 14.3. The highest BCUT2D eigenvalue weighted by molar-refractivity contribution is 5.93. The fourth-order valence-electron chi connectivity index (χ4n) is 2.84. The Morgan fingerprint density at radius 3 is 2.58 bits per heavy atom. The molecule has 0 unspecified atom stereocenters. The second-order valence-electron chi connectivity index (χ2n) is 6.07. The second kappa shape index (κ2) is 7.41. The Labute approximate surface area is 149 Å². The molecule has 0 spiro atoms. The van der Waals surface area contributed by atoms with Gasteiger partial charge in [-0.25, -0.2) is 4.79 Å². The first-order valence-corrected chi connectivity index (χ1v) is 8.23. The number of aryl methyl sites for hydroxylation is 1. The van der Waals surface area contributed by atoms with Crippen molar-refractivity contribution in [3.63, 3.8) is 0 Å². The van der Waals surface area contributed by atoms with Gasteiger partial charge in [0.05, 0.1) is 12.0 Å². The molecule has 2 aromatic carbocycles. The normalized spacial score (nSPS) is 10.8. The lowest BCUT2D eigenvalue weighted by Gasteiger charge is -2.09. The highest BCUT2D eigenvalue weighted by atomic mass is 16.4. The van der Waals surface area contributed by atoms with Crippen LogP contribution in [0.5, 0.6) is 5.75 Å². The molecule has 0 aliphatic carbocycles. The lowest BCUT2D eigenvalue weighted by molar-refractivity contribution is -0.115. The average molecular weight is 353 g/mol. The Morgan fingerprint density at radius 1 is 1.15 bits per heavy atom. The molecular weight excluding hydrogens is 334 g/mol. The molecule has 1 heterocycles. The van der Waals surface area contributed by atoms with Crippen molar-refractivity contribution in [2.75, 3.05) is 11.9 Å². The smallest absolute Gasteiger partial charge is 0.340 e. The monoisotopic (exact) mass is 353 g/mol. The van der Waals surface area contributed by atoms with Gasteiger partial charge in [0.2, 0.25) is 5.91 Å². The van der Waals surface area contributed by atoms with Gasteiger partial charge < -0.3 is 19.9 Å². The molecule has 3 aromatic rings. The molecule has 0 aliphatic rings. The van der Waals surface area contributed by atoms with E-state index in [4.69, 9.17) is 9.52 Å². The Hall–Kier alpha value is -3.12. The quantitative estimate of drug-likeness (QED) is 0.612. The number of nitrogens with one attached hydrogen (secondary N) is 1.